The van der Waals surface area contributed by atoms with Gasteiger partial charge in [-0.3, -0.25) is 4.79 Å². The van der Waals surface area contributed by atoms with Gasteiger partial charge in [0.25, 0.3) is 0 Å². The summed E-state index contributed by atoms with van der Waals surface area (Å²) in [6.07, 6.45) is 0. The van der Waals surface area contributed by atoms with Crippen LogP contribution in [0.2, 0.25) is 0 Å². The highest BCUT2D eigenvalue weighted by molar-refractivity contribution is 6.30. The molecule has 4 nitrogen and oxygen atoms in total. The van der Waals surface area contributed by atoms with E-state index in [4.69, 9.17) is 26.8 Å². The number of ether oxygens (including phenoxy) is 2. The summed E-state index contributed by atoms with van der Waals surface area (Å²) in [4.78, 5) is 10.8. The molecule has 0 spiro atoms. The van der Waals surface area contributed by atoms with Crippen LogP contribution in [0.3, 0.4) is 0 Å². The van der Waals surface area contributed by atoms with Crippen LogP contribution < -0.4 is 15.2 Å². The Hall–Kier alpha value is -1.42. The minimum absolute atomic E-state index is 0.197. The van der Waals surface area contributed by atoms with Crippen molar-refractivity contribution in [3.63, 3.8) is 0 Å². The highest BCUT2D eigenvalue weighted by atomic mass is 35.5. The Balaban J connectivity index is 2.33. The van der Waals surface area contributed by atoms with Gasteiger partial charge in [-0.25, -0.2) is 0 Å². The number of benzene rings is 1. The van der Waals surface area contributed by atoms with Crippen LogP contribution in [0.4, 0.5) is 0 Å². The minimum Gasteiger partial charge on any atom is -0.454 e. The van der Waals surface area contributed by atoms with Crippen LogP contribution in [0, 0.1) is 0 Å². The largest absolute Gasteiger partial charge is 0.454 e. The van der Waals surface area contributed by atoms with E-state index in [1.165, 1.54) is 0 Å². The molecular weight excluding hydrogens is 206 g/mol. The predicted octanol–water partition coefficient (Wildman–Crippen LogP) is 1.18. The van der Waals surface area contributed by atoms with Gasteiger partial charge in [-0.05, 0) is 17.7 Å². The zero-order valence-corrected chi connectivity index (χ0v) is 7.95. The third-order valence-electron chi connectivity index (χ3n) is 1.94. The van der Waals surface area contributed by atoms with E-state index in [1.54, 1.807) is 18.2 Å². The van der Waals surface area contributed by atoms with Gasteiger partial charge < -0.3 is 15.2 Å². The van der Waals surface area contributed by atoms with Crippen LogP contribution >= 0.6 is 11.6 Å². The summed E-state index contributed by atoms with van der Waals surface area (Å²) in [5, 5.41) is -0.829. The van der Waals surface area contributed by atoms with E-state index in [2.05, 4.69) is 0 Å². The van der Waals surface area contributed by atoms with Crippen molar-refractivity contribution in [3.05, 3.63) is 23.8 Å². The predicted molar refractivity (Wildman–Crippen MR) is 50.4 cm³/mol. The monoisotopic (exact) mass is 213 g/mol. The Morgan fingerprint density at radius 2 is 2.14 bits per heavy atom. The van der Waals surface area contributed by atoms with Gasteiger partial charge >= 0.3 is 0 Å². The van der Waals surface area contributed by atoms with Crippen molar-refractivity contribution in [2.24, 2.45) is 5.73 Å². The number of amides is 1. The van der Waals surface area contributed by atoms with Crippen LogP contribution in [0.15, 0.2) is 18.2 Å². The summed E-state index contributed by atoms with van der Waals surface area (Å²) in [7, 11) is 0. The molecule has 1 heterocycles. The quantitative estimate of drug-likeness (QED) is 0.751. The van der Waals surface area contributed by atoms with Gasteiger partial charge in [0.05, 0.1) is 0 Å². The summed E-state index contributed by atoms with van der Waals surface area (Å²) in [6, 6.07) is 5.05. The SMILES string of the molecule is NC(=O)C(Cl)c1ccc2c(c1)OCO2. The highest BCUT2D eigenvalue weighted by Gasteiger charge is 2.19. The number of nitrogens with two attached hydrogens (primary N) is 1. The van der Waals surface area contributed by atoms with E-state index in [-0.39, 0.29) is 6.79 Å². The second-order valence-corrected chi connectivity index (χ2v) is 3.31. The summed E-state index contributed by atoms with van der Waals surface area (Å²) in [5.41, 5.74) is 5.68. The van der Waals surface area contributed by atoms with Crippen LogP contribution in [0.1, 0.15) is 10.9 Å². The maximum absolute atomic E-state index is 10.8. The Bertz CT molecular complexity index is 380. The van der Waals surface area contributed by atoms with E-state index in [0.717, 1.165) is 0 Å². The molecule has 0 bridgehead atoms. The average molecular weight is 214 g/mol. The zero-order valence-electron chi connectivity index (χ0n) is 7.20. The molecular formula is C9H8ClNO3. The molecule has 5 heteroatoms. The van der Waals surface area contributed by atoms with Crippen LogP contribution in [-0.2, 0) is 4.79 Å². The molecule has 2 rings (SSSR count). The number of carbonyl (C=O) groups is 1. The normalized spacial score (nSPS) is 15.2. The molecule has 0 saturated carbocycles. The molecule has 1 aromatic rings. The van der Waals surface area contributed by atoms with Gasteiger partial charge in [0.1, 0.15) is 5.38 Å². The Morgan fingerprint density at radius 3 is 2.86 bits per heavy atom. The maximum atomic E-state index is 10.8. The minimum atomic E-state index is -0.829. The fraction of sp³-hybridized carbons (Fsp3) is 0.222. The van der Waals surface area contributed by atoms with Crippen molar-refractivity contribution in [2.45, 2.75) is 5.38 Å². The lowest BCUT2D eigenvalue weighted by atomic mass is 10.1. The van der Waals surface area contributed by atoms with Crippen molar-refractivity contribution in [1.82, 2.24) is 0 Å². The van der Waals surface area contributed by atoms with Crippen LogP contribution in [-0.4, -0.2) is 12.7 Å². The molecule has 0 aromatic heterocycles. The second kappa shape index (κ2) is 3.38. The molecule has 0 aliphatic carbocycles. The molecule has 1 aromatic carbocycles. The maximum Gasteiger partial charge on any atom is 0.240 e. The third-order valence-corrected chi connectivity index (χ3v) is 2.41. The average Bonchev–Trinajstić information content (AvgIpc) is 2.62. The number of hydrogen-bond donors (Lipinski definition) is 1. The molecule has 1 aliphatic rings. The lowest BCUT2D eigenvalue weighted by Gasteiger charge is -2.05. The molecule has 14 heavy (non-hydrogen) atoms. The fourth-order valence-electron chi connectivity index (χ4n) is 1.24. The molecule has 1 aliphatic heterocycles. The van der Waals surface area contributed by atoms with Crippen molar-refractivity contribution in [3.8, 4) is 11.5 Å². The topological polar surface area (TPSA) is 61.6 Å². The summed E-state index contributed by atoms with van der Waals surface area (Å²) < 4.78 is 10.2. The smallest absolute Gasteiger partial charge is 0.240 e. The fourth-order valence-corrected chi connectivity index (χ4v) is 1.37. The number of alkyl halides is 1. The van der Waals surface area contributed by atoms with Crippen molar-refractivity contribution < 1.29 is 14.3 Å². The van der Waals surface area contributed by atoms with E-state index >= 15 is 0 Å². The standard InChI is InChI=1S/C9H8ClNO3/c10-8(9(11)12)5-1-2-6-7(3-5)14-4-13-6/h1-3,8H,4H2,(H2,11,12). The summed E-state index contributed by atoms with van der Waals surface area (Å²) in [6.45, 7) is 0.197. The lowest BCUT2D eigenvalue weighted by molar-refractivity contribution is -0.117. The first-order valence-corrected chi connectivity index (χ1v) is 4.45. The first-order valence-electron chi connectivity index (χ1n) is 4.01. The van der Waals surface area contributed by atoms with E-state index in [9.17, 15) is 4.79 Å². The van der Waals surface area contributed by atoms with Gasteiger partial charge in [0.15, 0.2) is 11.5 Å². The molecule has 0 radical (unpaired) electrons. The van der Waals surface area contributed by atoms with Gasteiger partial charge in [-0.1, -0.05) is 6.07 Å². The van der Waals surface area contributed by atoms with Crippen molar-refractivity contribution >= 4 is 17.5 Å². The van der Waals surface area contributed by atoms with Gasteiger partial charge in [0.2, 0.25) is 12.7 Å². The number of halogens is 1. The van der Waals surface area contributed by atoms with E-state index in [1.807, 2.05) is 0 Å². The first-order chi connectivity index (χ1) is 6.68. The number of primary amides is 1. The molecule has 1 amide bonds. The molecule has 1 atom stereocenters. The van der Waals surface area contributed by atoms with Crippen LogP contribution in [0.25, 0.3) is 0 Å². The summed E-state index contributed by atoms with van der Waals surface area (Å²) in [5.74, 6) is 0.669. The Labute approximate surface area is 85.6 Å². The number of fused-ring (bicyclic) bond motifs is 1. The lowest BCUT2D eigenvalue weighted by Crippen LogP contribution is -2.16. The molecule has 0 saturated heterocycles. The zero-order chi connectivity index (χ0) is 10.1. The van der Waals surface area contributed by atoms with Gasteiger partial charge in [0, 0.05) is 0 Å². The molecule has 1 unspecified atom stereocenters. The Kier molecular flexibility index (Phi) is 2.21. The number of rotatable bonds is 2. The Morgan fingerprint density at radius 1 is 1.43 bits per heavy atom. The van der Waals surface area contributed by atoms with Gasteiger partial charge in [-0.2, -0.15) is 0 Å². The molecule has 74 valence electrons. The number of hydrogen-bond acceptors (Lipinski definition) is 3. The van der Waals surface area contributed by atoms with E-state index in [0.29, 0.717) is 17.1 Å². The molecule has 2 N–H and O–H groups in total. The second-order valence-electron chi connectivity index (χ2n) is 2.88. The molecule has 0 fully saturated rings. The first kappa shape index (κ1) is 9.15. The van der Waals surface area contributed by atoms with Crippen molar-refractivity contribution in [1.29, 1.82) is 0 Å². The highest BCUT2D eigenvalue weighted by Crippen LogP contribution is 2.35. The van der Waals surface area contributed by atoms with Gasteiger partial charge in [-0.15, -0.1) is 11.6 Å². The summed E-state index contributed by atoms with van der Waals surface area (Å²) >= 11 is 5.77. The van der Waals surface area contributed by atoms with Crippen molar-refractivity contribution in [2.75, 3.05) is 6.79 Å². The third kappa shape index (κ3) is 1.48. The number of carbonyl (C=O) groups excluding carboxylic acids is 1. The van der Waals surface area contributed by atoms with E-state index < -0.39 is 11.3 Å². The van der Waals surface area contributed by atoms with Crippen LogP contribution in [0.5, 0.6) is 11.5 Å².